The van der Waals surface area contributed by atoms with E-state index in [-0.39, 0.29) is 30.6 Å². The highest BCUT2D eigenvalue weighted by Crippen LogP contribution is 2.21. The molecule has 144 valence electrons. The molecule has 1 fully saturated rings. The SMILES string of the molecule is O=C(COc1ccc(Cl)cc1)N(Cc1cccc(F)c1)[C@@H]1CCS(=O)(=O)C1. The normalized spacial score (nSPS) is 18.2. The van der Waals surface area contributed by atoms with E-state index in [0.29, 0.717) is 22.8 Å². The lowest BCUT2D eigenvalue weighted by Crippen LogP contribution is -2.43. The molecule has 2 aromatic rings. The summed E-state index contributed by atoms with van der Waals surface area (Å²) in [7, 11) is -3.17. The van der Waals surface area contributed by atoms with Crippen molar-refractivity contribution in [2.24, 2.45) is 0 Å². The highest BCUT2D eigenvalue weighted by Gasteiger charge is 2.34. The summed E-state index contributed by atoms with van der Waals surface area (Å²) < 4.78 is 42.7. The van der Waals surface area contributed by atoms with Gasteiger partial charge in [-0.3, -0.25) is 4.79 Å². The molecule has 0 unspecified atom stereocenters. The second-order valence-corrected chi connectivity index (χ2v) is 9.12. The molecule has 27 heavy (non-hydrogen) atoms. The van der Waals surface area contributed by atoms with Crippen LogP contribution in [-0.4, -0.2) is 43.4 Å². The van der Waals surface area contributed by atoms with Crippen molar-refractivity contribution in [2.75, 3.05) is 18.1 Å². The Balaban J connectivity index is 1.73. The zero-order valence-electron chi connectivity index (χ0n) is 14.5. The summed E-state index contributed by atoms with van der Waals surface area (Å²) in [6.45, 7) is -0.117. The van der Waals surface area contributed by atoms with Crippen molar-refractivity contribution in [2.45, 2.75) is 19.0 Å². The lowest BCUT2D eigenvalue weighted by atomic mass is 10.1. The average Bonchev–Trinajstić information content (AvgIpc) is 2.98. The summed E-state index contributed by atoms with van der Waals surface area (Å²) in [5.74, 6) is -0.317. The number of halogens is 2. The van der Waals surface area contributed by atoms with E-state index < -0.39 is 21.7 Å². The minimum Gasteiger partial charge on any atom is -0.484 e. The Bertz CT molecular complexity index is 918. The van der Waals surface area contributed by atoms with E-state index in [1.807, 2.05) is 0 Å². The maximum atomic E-state index is 13.5. The molecule has 0 bridgehead atoms. The largest absolute Gasteiger partial charge is 0.484 e. The van der Waals surface area contributed by atoms with Gasteiger partial charge in [-0.05, 0) is 48.4 Å². The summed E-state index contributed by atoms with van der Waals surface area (Å²) in [6, 6.07) is 12.1. The molecule has 0 aliphatic carbocycles. The molecule has 0 N–H and O–H groups in total. The Labute approximate surface area is 162 Å². The molecule has 1 saturated heterocycles. The zero-order chi connectivity index (χ0) is 19.4. The van der Waals surface area contributed by atoms with Gasteiger partial charge in [-0.25, -0.2) is 12.8 Å². The van der Waals surface area contributed by atoms with Gasteiger partial charge in [-0.2, -0.15) is 0 Å². The Morgan fingerprint density at radius 3 is 2.59 bits per heavy atom. The van der Waals surface area contributed by atoms with Gasteiger partial charge in [-0.15, -0.1) is 0 Å². The third-order valence-electron chi connectivity index (χ3n) is 4.39. The van der Waals surface area contributed by atoms with E-state index in [9.17, 15) is 17.6 Å². The van der Waals surface area contributed by atoms with Crippen LogP contribution < -0.4 is 4.74 Å². The summed E-state index contributed by atoms with van der Waals surface area (Å²) in [5, 5.41) is 0.553. The standard InChI is InChI=1S/C19H19ClFNO4S/c20-15-4-6-18(7-5-15)26-12-19(23)22(17-8-9-27(24,25)13-17)11-14-2-1-3-16(21)10-14/h1-7,10,17H,8-9,11-13H2/t17-/m1/s1. The van der Waals surface area contributed by atoms with E-state index in [1.54, 1.807) is 36.4 Å². The number of benzene rings is 2. The smallest absolute Gasteiger partial charge is 0.261 e. The first-order valence-electron chi connectivity index (χ1n) is 8.45. The van der Waals surface area contributed by atoms with Gasteiger partial charge in [0.15, 0.2) is 16.4 Å². The Hall–Kier alpha value is -2.12. The molecule has 0 radical (unpaired) electrons. The van der Waals surface area contributed by atoms with Crippen molar-refractivity contribution in [1.82, 2.24) is 4.90 Å². The number of sulfone groups is 1. The molecule has 0 spiro atoms. The van der Waals surface area contributed by atoms with Crippen LogP contribution in [0.25, 0.3) is 0 Å². The lowest BCUT2D eigenvalue weighted by molar-refractivity contribution is -0.136. The van der Waals surface area contributed by atoms with E-state index in [2.05, 4.69) is 0 Å². The second-order valence-electron chi connectivity index (χ2n) is 6.45. The maximum absolute atomic E-state index is 13.5. The molecule has 8 heteroatoms. The fourth-order valence-corrected chi connectivity index (χ4v) is 4.89. The number of nitrogens with zero attached hydrogens (tertiary/aromatic N) is 1. The molecular formula is C19H19ClFNO4S. The quantitative estimate of drug-likeness (QED) is 0.732. The van der Waals surface area contributed by atoms with Crippen molar-refractivity contribution in [1.29, 1.82) is 0 Å². The highest BCUT2D eigenvalue weighted by molar-refractivity contribution is 7.91. The van der Waals surface area contributed by atoms with Crippen LogP contribution in [0.2, 0.25) is 5.02 Å². The van der Waals surface area contributed by atoms with E-state index in [0.717, 1.165) is 0 Å². The van der Waals surface area contributed by atoms with Crippen molar-refractivity contribution >= 4 is 27.3 Å². The summed E-state index contributed by atoms with van der Waals surface area (Å²) in [5.41, 5.74) is 0.596. The Morgan fingerprint density at radius 2 is 1.96 bits per heavy atom. The molecule has 1 aliphatic rings. The van der Waals surface area contributed by atoms with E-state index in [1.165, 1.54) is 17.0 Å². The minimum absolute atomic E-state index is 0.0443. The summed E-state index contributed by atoms with van der Waals surface area (Å²) in [4.78, 5) is 14.2. The summed E-state index contributed by atoms with van der Waals surface area (Å²) in [6.07, 6.45) is 0.365. The van der Waals surface area contributed by atoms with Crippen LogP contribution in [0.1, 0.15) is 12.0 Å². The lowest BCUT2D eigenvalue weighted by Gasteiger charge is -2.28. The molecule has 0 aromatic heterocycles. The number of amides is 1. The van der Waals surface area contributed by atoms with Gasteiger partial charge in [0, 0.05) is 17.6 Å². The minimum atomic E-state index is -3.17. The molecule has 1 atom stereocenters. The van der Waals surface area contributed by atoms with E-state index >= 15 is 0 Å². The predicted octanol–water partition coefficient (Wildman–Crippen LogP) is 3.07. The van der Waals surface area contributed by atoms with Crippen LogP contribution in [0.5, 0.6) is 5.75 Å². The number of rotatable bonds is 6. The van der Waals surface area contributed by atoms with Crippen LogP contribution in [0.3, 0.4) is 0 Å². The number of carbonyl (C=O) groups excluding carboxylic acids is 1. The van der Waals surface area contributed by atoms with Crippen LogP contribution in [0.15, 0.2) is 48.5 Å². The van der Waals surface area contributed by atoms with Gasteiger partial charge in [0.25, 0.3) is 5.91 Å². The monoisotopic (exact) mass is 411 g/mol. The highest BCUT2D eigenvalue weighted by atomic mass is 35.5. The third-order valence-corrected chi connectivity index (χ3v) is 6.39. The fraction of sp³-hybridized carbons (Fsp3) is 0.316. The summed E-state index contributed by atoms with van der Waals surface area (Å²) >= 11 is 5.82. The molecular weight excluding hydrogens is 393 g/mol. The van der Waals surface area contributed by atoms with Gasteiger partial charge in [0.1, 0.15) is 11.6 Å². The first-order valence-corrected chi connectivity index (χ1v) is 10.6. The first-order chi connectivity index (χ1) is 12.8. The van der Waals surface area contributed by atoms with Gasteiger partial charge in [0.05, 0.1) is 11.5 Å². The van der Waals surface area contributed by atoms with Crippen LogP contribution >= 0.6 is 11.6 Å². The van der Waals surface area contributed by atoms with Crippen molar-refractivity contribution in [3.63, 3.8) is 0 Å². The zero-order valence-corrected chi connectivity index (χ0v) is 16.0. The molecule has 2 aromatic carbocycles. The molecule has 1 amide bonds. The first kappa shape index (κ1) is 19.6. The van der Waals surface area contributed by atoms with Crippen LogP contribution in [-0.2, 0) is 21.2 Å². The van der Waals surface area contributed by atoms with Gasteiger partial charge >= 0.3 is 0 Å². The number of ether oxygens (including phenoxy) is 1. The fourth-order valence-electron chi connectivity index (χ4n) is 3.03. The predicted molar refractivity (Wildman–Crippen MR) is 101 cm³/mol. The van der Waals surface area contributed by atoms with Gasteiger partial charge in [0.2, 0.25) is 0 Å². The Kier molecular flexibility index (Phi) is 6.01. The molecule has 5 nitrogen and oxygen atoms in total. The molecule has 3 rings (SSSR count). The topological polar surface area (TPSA) is 63.7 Å². The second kappa shape index (κ2) is 8.27. The number of hydrogen-bond donors (Lipinski definition) is 0. The van der Waals surface area contributed by atoms with Crippen LogP contribution in [0.4, 0.5) is 4.39 Å². The van der Waals surface area contributed by atoms with Gasteiger partial charge < -0.3 is 9.64 Å². The molecule has 1 heterocycles. The number of hydrogen-bond acceptors (Lipinski definition) is 4. The average molecular weight is 412 g/mol. The molecule has 1 aliphatic heterocycles. The molecule has 0 saturated carbocycles. The Morgan fingerprint density at radius 1 is 1.22 bits per heavy atom. The van der Waals surface area contributed by atoms with Crippen molar-refractivity contribution in [3.8, 4) is 5.75 Å². The van der Waals surface area contributed by atoms with Crippen molar-refractivity contribution in [3.05, 3.63) is 64.9 Å². The van der Waals surface area contributed by atoms with Gasteiger partial charge in [-0.1, -0.05) is 23.7 Å². The van der Waals surface area contributed by atoms with Crippen LogP contribution in [0, 0.1) is 5.82 Å². The maximum Gasteiger partial charge on any atom is 0.261 e. The van der Waals surface area contributed by atoms with Crippen molar-refractivity contribution < 1.29 is 22.3 Å². The number of carbonyl (C=O) groups is 1. The van der Waals surface area contributed by atoms with E-state index in [4.69, 9.17) is 16.3 Å². The third kappa shape index (κ3) is 5.43.